The first kappa shape index (κ1) is 14.0. The van der Waals surface area contributed by atoms with E-state index in [4.69, 9.17) is 21.0 Å². The average molecular weight is 281 g/mol. The van der Waals surface area contributed by atoms with Crippen molar-refractivity contribution < 1.29 is 9.66 Å². The van der Waals surface area contributed by atoms with Gasteiger partial charge in [0.25, 0.3) is 5.69 Å². The van der Waals surface area contributed by atoms with Crippen molar-refractivity contribution in [3.05, 3.63) is 51.2 Å². The average Bonchev–Trinajstić information content (AvgIpc) is 3.24. The lowest BCUT2D eigenvalue weighted by atomic mass is 9.95. The summed E-state index contributed by atoms with van der Waals surface area (Å²) in [7, 11) is 0. The Labute approximate surface area is 119 Å². The lowest BCUT2D eigenvalue weighted by Gasteiger charge is -2.04. The number of non-ortho nitro benzene ring substituents is 1. The van der Waals surface area contributed by atoms with Gasteiger partial charge in [0.2, 0.25) is 5.60 Å². The minimum atomic E-state index is -1.63. The highest BCUT2D eigenvalue weighted by Crippen LogP contribution is 2.53. The molecule has 21 heavy (non-hydrogen) atoms. The van der Waals surface area contributed by atoms with Gasteiger partial charge in [-0.1, -0.05) is 12.1 Å². The first-order valence-electron chi connectivity index (χ1n) is 5.64. The minimum absolute atomic E-state index is 0.154. The molecule has 0 bridgehead atoms. The number of nitrogens with zero attached hydrogens (tertiary/aromatic N) is 4. The lowest BCUT2D eigenvalue weighted by molar-refractivity contribution is -0.384. The number of nitriles is 3. The fourth-order valence-corrected chi connectivity index (χ4v) is 1.94. The van der Waals surface area contributed by atoms with Crippen molar-refractivity contribution in [1.82, 2.24) is 0 Å². The smallest absolute Gasteiger partial charge is 0.269 e. The highest BCUT2D eigenvalue weighted by atomic mass is 16.6. The van der Waals surface area contributed by atoms with Gasteiger partial charge in [0.1, 0.15) is 24.3 Å². The summed E-state index contributed by atoms with van der Waals surface area (Å²) in [4.78, 5) is 10.2. The maximum Gasteiger partial charge on any atom is 0.269 e. The predicted molar refractivity (Wildman–Crippen MR) is 67.7 cm³/mol. The van der Waals surface area contributed by atoms with E-state index in [1.807, 2.05) is 6.07 Å². The zero-order valence-corrected chi connectivity index (χ0v) is 10.5. The molecule has 0 amide bonds. The van der Waals surface area contributed by atoms with E-state index in [1.165, 1.54) is 18.2 Å². The van der Waals surface area contributed by atoms with Crippen molar-refractivity contribution in [1.29, 1.82) is 15.8 Å². The van der Waals surface area contributed by atoms with Crippen molar-refractivity contribution in [3.8, 4) is 18.2 Å². The van der Waals surface area contributed by atoms with Crippen LogP contribution in [0, 0.1) is 44.1 Å². The maximum absolute atomic E-state index is 10.7. The number of epoxide rings is 1. The van der Waals surface area contributed by atoms with Crippen LogP contribution in [0.2, 0.25) is 0 Å². The molecule has 2 N–H and O–H groups in total. The van der Waals surface area contributed by atoms with E-state index in [0.29, 0.717) is 5.56 Å². The molecule has 0 aliphatic carbocycles. The molecule has 0 radical (unpaired) electrons. The van der Waals surface area contributed by atoms with Gasteiger partial charge in [-0.2, -0.15) is 15.8 Å². The third kappa shape index (κ3) is 2.14. The van der Waals surface area contributed by atoms with Crippen molar-refractivity contribution in [3.63, 3.8) is 0 Å². The topological polar surface area (TPSA) is 153 Å². The summed E-state index contributed by atoms with van der Waals surface area (Å²) in [5.41, 5.74) is 3.57. The molecule has 1 aliphatic rings. The molecule has 2 atom stereocenters. The number of rotatable bonds is 3. The highest BCUT2D eigenvalue weighted by Gasteiger charge is 2.62. The van der Waals surface area contributed by atoms with Gasteiger partial charge < -0.3 is 10.5 Å². The van der Waals surface area contributed by atoms with Gasteiger partial charge in [0.05, 0.1) is 10.6 Å². The second kappa shape index (κ2) is 4.93. The molecule has 1 aliphatic heterocycles. The number of ether oxygens (including phenoxy) is 1. The Morgan fingerprint density at radius 1 is 1.38 bits per heavy atom. The fourth-order valence-electron chi connectivity index (χ4n) is 1.94. The summed E-state index contributed by atoms with van der Waals surface area (Å²) in [6, 6.07) is 10.6. The Hall–Kier alpha value is -3.41. The monoisotopic (exact) mass is 281 g/mol. The summed E-state index contributed by atoms with van der Waals surface area (Å²) >= 11 is 0. The van der Waals surface area contributed by atoms with E-state index in [0.717, 1.165) is 0 Å². The lowest BCUT2D eigenvalue weighted by Crippen LogP contribution is -2.22. The highest BCUT2D eigenvalue weighted by molar-refractivity contribution is 5.52. The number of nitro groups is 1. The van der Waals surface area contributed by atoms with Crippen molar-refractivity contribution in [2.24, 2.45) is 5.73 Å². The van der Waals surface area contributed by atoms with Gasteiger partial charge in [-0.3, -0.25) is 10.1 Å². The molecule has 1 aromatic carbocycles. The van der Waals surface area contributed by atoms with E-state index >= 15 is 0 Å². The molecular formula is C13H7N5O3. The van der Waals surface area contributed by atoms with Crippen molar-refractivity contribution in [2.45, 2.75) is 11.7 Å². The molecule has 0 unspecified atom stereocenters. The predicted octanol–water partition coefficient (Wildman–Crippen LogP) is 1.19. The van der Waals surface area contributed by atoms with Gasteiger partial charge in [-0.25, -0.2) is 0 Å². The number of hydrogen-bond donors (Lipinski definition) is 1. The molecule has 1 saturated heterocycles. The van der Waals surface area contributed by atoms with Gasteiger partial charge in [-0.05, 0) is 5.56 Å². The first-order chi connectivity index (χ1) is 10.00. The Kier molecular flexibility index (Phi) is 3.29. The van der Waals surface area contributed by atoms with Crippen LogP contribution in [0.25, 0.3) is 0 Å². The summed E-state index contributed by atoms with van der Waals surface area (Å²) in [5, 5.41) is 37.6. The van der Waals surface area contributed by atoms with Crippen LogP contribution in [0.5, 0.6) is 0 Å². The molecule has 0 spiro atoms. The van der Waals surface area contributed by atoms with Crippen LogP contribution in [0.1, 0.15) is 11.7 Å². The van der Waals surface area contributed by atoms with Gasteiger partial charge >= 0.3 is 0 Å². The Balaban J connectivity index is 2.44. The molecule has 2 rings (SSSR count). The number of benzene rings is 1. The largest absolute Gasteiger partial charge is 0.397 e. The standard InChI is InChI=1S/C13H7N5O3/c14-5-9(6-15)11(17)13(7-16)12(21-13)8-2-1-3-10(4-8)18(19)20/h1-4,12H,17H2/t12-,13-/m1/s1. The molecule has 0 saturated carbocycles. The quantitative estimate of drug-likeness (QED) is 0.377. The zero-order valence-electron chi connectivity index (χ0n) is 10.5. The first-order valence-corrected chi connectivity index (χ1v) is 5.64. The fraction of sp³-hybridized carbons (Fsp3) is 0.154. The Morgan fingerprint density at radius 2 is 2.05 bits per heavy atom. The summed E-state index contributed by atoms with van der Waals surface area (Å²) in [6.45, 7) is 0. The van der Waals surface area contributed by atoms with E-state index in [1.54, 1.807) is 18.2 Å². The molecule has 8 heteroatoms. The van der Waals surface area contributed by atoms with Gasteiger partial charge in [0.15, 0.2) is 5.57 Å². The van der Waals surface area contributed by atoms with Crippen LogP contribution in [0.3, 0.4) is 0 Å². The Bertz CT molecular complexity index is 764. The normalized spacial score (nSPS) is 22.2. The summed E-state index contributed by atoms with van der Waals surface area (Å²) in [5.74, 6) is 0. The molecule has 1 aromatic rings. The van der Waals surface area contributed by atoms with Crippen LogP contribution < -0.4 is 5.73 Å². The minimum Gasteiger partial charge on any atom is -0.397 e. The molecule has 0 aromatic heterocycles. The third-order valence-corrected chi connectivity index (χ3v) is 3.06. The molecule has 8 nitrogen and oxygen atoms in total. The molecule has 1 fully saturated rings. The van der Waals surface area contributed by atoms with Gasteiger partial charge in [0, 0.05) is 12.1 Å². The van der Waals surface area contributed by atoms with Gasteiger partial charge in [-0.15, -0.1) is 0 Å². The summed E-state index contributed by atoms with van der Waals surface area (Å²) < 4.78 is 5.25. The van der Waals surface area contributed by atoms with Crippen molar-refractivity contribution >= 4 is 5.69 Å². The second-order valence-electron chi connectivity index (χ2n) is 4.21. The molecule has 1 heterocycles. The van der Waals surface area contributed by atoms with E-state index < -0.39 is 22.2 Å². The van der Waals surface area contributed by atoms with Crippen LogP contribution >= 0.6 is 0 Å². The van der Waals surface area contributed by atoms with Crippen LogP contribution in [0.4, 0.5) is 5.69 Å². The third-order valence-electron chi connectivity index (χ3n) is 3.06. The Morgan fingerprint density at radius 3 is 2.57 bits per heavy atom. The summed E-state index contributed by atoms with van der Waals surface area (Å²) in [6.07, 6.45) is -0.848. The molecule has 102 valence electrons. The maximum atomic E-state index is 10.7. The zero-order chi connectivity index (χ0) is 15.6. The van der Waals surface area contributed by atoms with Crippen molar-refractivity contribution in [2.75, 3.05) is 0 Å². The van der Waals surface area contributed by atoms with Crippen LogP contribution in [0.15, 0.2) is 35.5 Å². The van der Waals surface area contributed by atoms with Crippen LogP contribution in [-0.2, 0) is 4.74 Å². The number of nitro benzene ring substituents is 1. The SMILES string of the molecule is N#CC(C#N)=C(N)[C@@]1(C#N)O[C@@H]1c1cccc([N+](=O)[O-])c1. The molecular weight excluding hydrogens is 274 g/mol. The number of hydrogen-bond acceptors (Lipinski definition) is 7. The van der Waals surface area contributed by atoms with E-state index in [-0.39, 0.29) is 11.4 Å². The number of allylic oxidation sites excluding steroid dienone is 1. The van der Waals surface area contributed by atoms with Crippen LogP contribution in [-0.4, -0.2) is 10.5 Å². The van der Waals surface area contributed by atoms with E-state index in [9.17, 15) is 15.4 Å². The van der Waals surface area contributed by atoms with E-state index in [2.05, 4.69) is 0 Å². The second-order valence-corrected chi connectivity index (χ2v) is 4.21. The number of nitrogens with two attached hydrogens (primary N) is 1.